The van der Waals surface area contributed by atoms with E-state index in [1.165, 1.54) is 5.56 Å². The maximum atomic E-state index is 9.60. The van der Waals surface area contributed by atoms with Crippen molar-refractivity contribution < 1.29 is 5.11 Å². The van der Waals surface area contributed by atoms with Crippen LogP contribution in [0.3, 0.4) is 0 Å². The number of rotatable bonds is 6. The molecular formula is C17H25N3O. The first-order chi connectivity index (χ1) is 10.2. The molecule has 0 radical (unpaired) electrons. The van der Waals surface area contributed by atoms with Crippen molar-refractivity contribution in [2.24, 2.45) is 11.8 Å². The first-order valence-corrected chi connectivity index (χ1v) is 7.67. The van der Waals surface area contributed by atoms with Gasteiger partial charge in [-0.2, -0.15) is 5.26 Å². The van der Waals surface area contributed by atoms with E-state index in [9.17, 15) is 5.11 Å². The van der Waals surface area contributed by atoms with Crippen molar-refractivity contribution >= 4 is 0 Å². The minimum absolute atomic E-state index is 0.261. The van der Waals surface area contributed by atoms with Gasteiger partial charge >= 0.3 is 0 Å². The van der Waals surface area contributed by atoms with Crippen LogP contribution >= 0.6 is 0 Å². The lowest BCUT2D eigenvalue weighted by Crippen LogP contribution is -2.31. The minimum Gasteiger partial charge on any atom is -0.396 e. The molecule has 1 saturated heterocycles. The van der Waals surface area contributed by atoms with Gasteiger partial charge in [0.05, 0.1) is 11.6 Å². The van der Waals surface area contributed by atoms with Crippen molar-refractivity contribution in [1.82, 2.24) is 9.80 Å². The zero-order valence-corrected chi connectivity index (χ0v) is 13.0. The molecule has 4 heteroatoms. The van der Waals surface area contributed by atoms with Gasteiger partial charge in [0.25, 0.3) is 0 Å². The molecule has 1 fully saturated rings. The molecule has 0 bridgehead atoms. The van der Waals surface area contributed by atoms with Gasteiger partial charge in [-0.1, -0.05) is 19.1 Å². The van der Waals surface area contributed by atoms with Crippen molar-refractivity contribution in [1.29, 1.82) is 5.26 Å². The summed E-state index contributed by atoms with van der Waals surface area (Å²) in [6, 6.07) is 9.99. The second-order valence-electron chi connectivity index (χ2n) is 6.06. The summed E-state index contributed by atoms with van der Waals surface area (Å²) in [6.45, 7) is 7.32. The Morgan fingerprint density at radius 2 is 2.14 bits per heavy atom. The lowest BCUT2D eigenvalue weighted by molar-refractivity contribution is 0.177. The standard InChI is InChI=1S/C17H25N3O/c1-3-19(2)10-16-11-20(12-17(16)13-21)9-15-6-4-5-14(7-15)8-18/h4-7,16-17,21H,3,9-13H2,1-2H3/t16-,17-/m1/s1. The lowest BCUT2D eigenvalue weighted by atomic mass is 9.96. The van der Waals surface area contributed by atoms with E-state index < -0.39 is 0 Å². The Kier molecular flexibility index (Phi) is 5.75. The van der Waals surface area contributed by atoms with Gasteiger partial charge in [-0.25, -0.2) is 0 Å². The van der Waals surface area contributed by atoms with Gasteiger partial charge in [-0.15, -0.1) is 0 Å². The molecule has 2 atom stereocenters. The van der Waals surface area contributed by atoms with Crippen LogP contribution in [0.25, 0.3) is 0 Å². The molecule has 0 unspecified atom stereocenters. The van der Waals surface area contributed by atoms with Gasteiger partial charge in [0.1, 0.15) is 0 Å². The Balaban J connectivity index is 1.97. The van der Waals surface area contributed by atoms with Crippen molar-refractivity contribution in [3.63, 3.8) is 0 Å². The third kappa shape index (κ3) is 4.28. The summed E-state index contributed by atoms with van der Waals surface area (Å²) >= 11 is 0. The highest BCUT2D eigenvalue weighted by Crippen LogP contribution is 2.25. The first-order valence-electron chi connectivity index (χ1n) is 7.67. The molecule has 1 aromatic rings. The number of likely N-dealkylation sites (tertiary alicyclic amines) is 1. The third-order valence-electron chi connectivity index (χ3n) is 4.43. The summed E-state index contributed by atoms with van der Waals surface area (Å²) in [5.41, 5.74) is 1.89. The Labute approximate surface area is 127 Å². The molecule has 0 aliphatic carbocycles. The fourth-order valence-corrected chi connectivity index (χ4v) is 3.11. The molecule has 0 amide bonds. The number of hydrogen-bond acceptors (Lipinski definition) is 4. The largest absolute Gasteiger partial charge is 0.396 e. The highest BCUT2D eigenvalue weighted by atomic mass is 16.3. The van der Waals surface area contributed by atoms with Crippen LogP contribution in [0.1, 0.15) is 18.1 Å². The number of hydrogen-bond donors (Lipinski definition) is 1. The van der Waals surface area contributed by atoms with Crippen molar-refractivity contribution in [3.8, 4) is 6.07 Å². The molecule has 114 valence electrons. The van der Waals surface area contributed by atoms with Crippen LogP contribution in [0.2, 0.25) is 0 Å². The quantitative estimate of drug-likeness (QED) is 0.862. The van der Waals surface area contributed by atoms with E-state index in [1.807, 2.05) is 18.2 Å². The second kappa shape index (κ2) is 7.56. The summed E-state index contributed by atoms with van der Waals surface area (Å²) in [6.07, 6.45) is 0. The molecule has 4 nitrogen and oxygen atoms in total. The maximum Gasteiger partial charge on any atom is 0.0991 e. The zero-order chi connectivity index (χ0) is 15.2. The summed E-state index contributed by atoms with van der Waals surface area (Å²) in [4.78, 5) is 4.71. The highest BCUT2D eigenvalue weighted by molar-refractivity contribution is 5.32. The smallest absolute Gasteiger partial charge is 0.0991 e. The van der Waals surface area contributed by atoms with Crippen LogP contribution in [0.15, 0.2) is 24.3 Å². The Morgan fingerprint density at radius 1 is 1.38 bits per heavy atom. The van der Waals surface area contributed by atoms with Crippen LogP contribution in [-0.4, -0.2) is 54.7 Å². The fourth-order valence-electron chi connectivity index (χ4n) is 3.11. The highest BCUT2D eigenvalue weighted by Gasteiger charge is 2.32. The molecule has 0 spiro atoms. The zero-order valence-electron chi connectivity index (χ0n) is 13.0. The normalized spacial score (nSPS) is 22.6. The van der Waals surface area contributed by atoms with E-state index in [0.29, 0.717) is 17.4 Å². The number of nitriles is 1. The fraction of sp³-hybridized carbons (Fsp3) is 0.588. The molecule has 0 saturated carbocycles. The molecule has 21 heavy (non-hydrogen) atoms. The van der Waals surface area contributed by atoms with E-state index >= 15 is 0 Å². The molecule has 1 aliphatic heterocycles. The van der Waals surface area contributed by atoms with E-state index in [0.717, 1.165) is 32.7 Å². The van der Waals surface area contributed by atoms with Gasteiger partial charge in [0.15, 0.2) is 0 Å². The number of benzene rings is 1. The average molecular weight is 287 g/mol. The molecule has 1 N–H and O–H groups in total. The number of aliphatic hydroxyl groups is 1. The van der Waals surface area contributed by atoms with Gasteiger partial charge in [-0.3, -0.25) is 4.90 Å². The number of nitrogens with zero attached hydrogens (tertiary/aromatic N) is 3. The Bertz CT molecular complexity index is 497. The summed E-state index contributed by atoms with van der Waals surface area (Å²) in [5, 5.41) is 18.6. The Hall–Kier alpha value is -1.41. The minimum atomic E-state index is 0.261. The maximum absolute atomic E-state index is 9.60. The summed E-state index contributed by atoms with van der Waals surface area (Å²) < 4.78 is 0. The first kappa shape index (κ1) is 16.0. The molecule has 2 rings (SSSR count). The lowest BCUT2D eigenvalue weighted by Gasteiger charge is -2.22. The second-order valence-corrected chi connectivity index (χ2v) is 6.06. The van der Waals surface area contributed by atoms with Crippen LogP contribution in [0, 0.1) is 23.2 Å². The summed E-state index contributed by atoms with van der Waals surface area (Å²) in [7, 11) is 2.13. The molecule has 1 aromatic carbocycles. The van der Waals surface area contributed by atoms with Gasteiger partial charge in [-0.05, 0) is 43.1 Å². The van der Waals surface area contributed by atoms with E-state index in [4.69, 9.17) is 5.26 Å². The molecule has 1 aliphatic rings. The van der Waals surface area contributed by atoms with Crippen LogP contribution in [0.4, 0.5) is 0 Å². The summed E-state index contributed by atoms with van der Waals surface area (Å²) in [5.74, 6) is 0.886. The van der Waals surface area contributed by atoms with Crippen LogP contribution in [0.5, 0.6) is 0 Å². The average Bonchev–Trinajstić information content (AvgIpc) is 2.88. The monoisotopic (exact) mass is 287 g/mol. The van der Waals surface area contributed by atoms with Crippen molar-refractivity contribution in [2.45, 2.75) is 13.5 Å². The predicted molar refractivity (Wildman–Crippen MR) is 83.7 cm³/mol. The topological polar surface area (TPSA) is 50.5 Å². The van der Waals surface area contributed by atoms with Crippen LogP contribution in [-0.2, 0) is 6.54 Å². The predicted octanol–water partition coefficient (Wildman–Crippen LogP) is 1.55. The van der Waals surface area contributed by atoms with Gasteiger partial charge in [0, 0.05) is 32.8 Å². The third-order valence-corrected chi connectivity index (χ3v) is 4.43. The van der Waals surface area contributed by atoms with E-state index in [1.54, 1.807) is 0 Å². The SMILES string of the molecule is CCN(C)C[C@@H]1CN(Cc2cccc(C#N)c2)C[C@@H]1CO. The van der Waals surface area contributed by atoms with Crippen molar-refractivity contribution in [3.05, 3.63) is 35.4 Å². The van der Waals surface area contributed by atoms with Gasteiger partial charge in [0.2, 0.25) is 0 Å². The number of aliphatic hydroxyl groups excluding tert-OH is 1. The Morgan fingerprint density at radius 3 is 2.81 bits per heavy atom. The van der Waals surface area contributed by atoms with Gasteiger partial charge < -0.3 is 10.0 Å². The van der Waals surface area contributed by atoms with Crippen molar-refractivity contribution in [2.75, 3.05) is 39.8 Å². The molecule has 0 aromatic heterocycles. The van der Waals surface area contributed by atoms with Crippen LogP contribution < -0.4 is 0 Å². The molecular weight excluding hydrogens is 262 g/mol. The van der Waals surface area contributed by atoms with E-state index in [-0.39, 0.29) is 6.61 Å². The van der Waals surface area contributed by atoms with E-state index in [2.05, 4.69) is 35.9 Å². The molecule has 1 heterocycles.